The summed E-state index contributed by atoms with van der Waals surface area (Å²) >= 11 is 0. The Labute approximate surface area is 348 Å². The quantitative estimate of drug-likeness (QED) is 0.0633. The van der Waals surface area contributed by atoms with E-state index in [1.165, 1.54) is 101 Å². The van der Waals surface area contributed by atoms with Crippen LogP contribution in [-0.4, -0.2) is 102 Å². The SMILES string of the molecule is COc1ccc(C(N)=O)cc1NC(=O)CNC(=O)c1cc(NC(=O)CNC(=O)c2cc(NC(=O)CNC(=O)c3cc(NC(=O)CN)ccc3OC)ccc2OC)ccc1OC. The van der Waals surface area contributed by atoms with Gasteiger partial charge in [0.25, 0.3) is 17.7 Å². The summed E-state index contributed by atoms with van der Waals surface area (Å²) in [5.41, 5.74) is 11.5. The molecule has 320 valence electrons. The van der Waals surface area contributed by atoms with Gasteiger partial charge in [-0.1, -0.05) is 0 Å². The van der Waals surface area contributed by atoms with Gasteiger partial charge in [-0.05, 0) is 72.8 Å². The first-order valence-electron chi connectivity index (χ1n) is 18.0. The van der Waals surface area contributed by atoms with Gasteiger partial charge >= 0.3 is 0 Å². The van der Waals surface area contributed by atoms with E-state index in [9.17, 15) is 38.4 Å². The Balaban J connectivity index is 1.33. The number of amides is 8. The molecule has 0 fully saturated rings. The molecule has 0 saturated carbocycles. The molecule has 0 radical (unpaired) electrons. The van der Waals surface area contributed by atoms with Crippen molar-refractivity contribution in [3.8, 4) is 23.0 Å². The molecule has 61 heavy (non-hydrogen) atoms. The molecular formula is C40H43N9O12. The fraction of sp³-hybridized carbons (Fsp3) is 0.200. The van der Waals surface area contributed by atoms with Gasteiger partial charge in [-0.15, -0.1) is 0 Å². The molecule has 21 nitrogen and oxygen atoms in total. The van der Waals surface area contributed by atoms with E-state index in [1.54, 1.807) is 0 Å². The zero-order valence-electron chi connectivity index (χ0n) is 33.3. The van der Waals surface area contributed by atoms with Gasteiger partial charge in [-0.3, -0.25) is 38.4 Å². The summed E-state index contributed by atoms with van der Waals surface area (Å²) in [5, 5.41) is 17.6. The van der Waals surface area contributed by atoms with E-state index in [0.717, 1.165) is 0 Å². The minimum atomic E-state index is -0.739. The molecule has 21 heteroatoms. The zero-order chi connectivity index (χ0) is 44.6. The van der Waals surface area contributed by atoms with Crippen molar-refractivity contribution in [1.29, 1.82) is 0 Å². The number of methoxy groups -OCH3 is 4. The number of carbonyl (C=O) groups is 8. The van der Waals surface area contributed by atoms with E-state index in [1.807, 2.05) is 0 Å². The van der Waals surface area contributed by atoms with Crippen LogP contribution in [0.5, 0.6) is 23.0 Å². The van der Waals surface area contributed by atoms with Gasteiger partial charge in [0, 0.05) is 22.6 Å². The van der Waals surface area contributed by atoms with Gasteiger partial charge in [-0.2, -0.15) is 0 Å². The minimum absolute atomic E-state index is 0.0316. The average Bonchev–Trinajstić information content (AvgIpc) is 3.26. The molecule has 0 bridgehead atoms. The normalized spacial score (nSPS) is 10.2. The van der Waals surface area contributed by atoms with Crippen LogP contribution in [0.3, 0.4) is 0 Å². The molecular weight excluding hydrogens is 798 g/mol. The number of nitrogens with two attached hydrogens (primary N) is 2. The van der Waals surface area contributed by atoms with Crippen LogP contribution >= 0.6 is 0 Å². The highest BCUT2D eigenvalue weighted by molar-refractivity contribution is 6.06. The highest BCUT2D eigenvalue weighted by atomic mass is 16.5. The molecule has 0 atom stereocenters. The first-order chi connectivity index (χ1) is 29.2. The lowest BCUT2D eigenvalue weighted by Crippen LogP contribution is -2.34. The summed E-state index contributed by atoms with van der Waals surface area (Å²) in [6.45, 7) is -1.77. The topological polar surface area (TPSA) is 310 Å². The van der Waals surface area contributed by atoms with Crippen molar-refractivity contribution in [3.63, 3.8) is 0 Å². The summed E-state index contributed by atoms with van der Waals surface area (Å²) in [6, 6.07) is 16.9. The van der Waals surface area contributed by atoms with Crippen molar-refractivity contribution in [1.82, 2.24) is 16.0 Å². The second-order valence-corrected chi connectivity index (χ2v) is 12.5. The largest absolute Gasteiger partial charge is 0.496 e. The van der Waals surface area contributed by atoms with Crippen molar-refractivity contribution in [2.24, 2.45) is 11.5 Å². The molecule has 0 saturated heterocycles. The molecule has 11 N–H and O–H groups in total. The molecule has 0 unspecified atom stereocenters. The molecule has 4 rings (SSSR count). The van der Waals surface area contributed by atoms with Crippen LogP contribution in [0, 0.1) is 0 Å². The predicted octanol–water partition coefficient (Wildman–Crippen LogP) is 0.823. The first-order valence-corrected chi connectivity index (χ1v) is 18.0. The van der Waals surface area contributed by atoms with Crippen molar-refractivity contribution >= 4 is 70.0 Å². The standard InChI is InChI=1S/C40H43N9O12/c1-58-29-10-6-22(46-33(50)17-41)14-25(29)38(55)43-18-34(51)47-23-7-11-30(59-2)26(15-23)39(56)44-19-35(52)48-24-8-12-31(60-3)27(16-24)40(57)45-20-36(53)49-28-13-21(37(42)54)5-9-32(28)61-4/h5-16H,17-20,41H2,1-4H3,(H2,42,54)(H,43,55)(H,44,56)(H,45,57)(H,46,50)(H,47,51)(H,48,52)(H,49,53). The van der Waals surface area contributed by atoms with Gasteiger partial charge < -0.3 is 67.6 Å². The third kappa shape index (κ3) is 12.6. The number of primary amides is 1. The number of carbonyl (C=O) groups excluding carboxylic acids is 8. The molecule has 0 aliphatic carbocycles. The summed E-state index contributed by atoms with van der Waals surface area (Å²) in [4.78, 5) is 101. The van der Waals surface area contributed by atoms with Gasteiger partial charge in [0.05, 0.1) is 77.0 Å². The number of benzene rings is 4. The Hall–Kier alpha value is -8.20. The summed E-state index contributed by atoms with van der Waals surface area (Å²) in [6.07, 6.45) is 0. The van der Waals surface area contributed by atoms with Gasteiger partial charge in [0.15, 0.2) is 0 Å². The molecule has 0 heterocycles. The number of hydrogen-bond donors (Lipinski definition) is 9. The molecule has 4 aromatic carbocycles. The molecule has 0 aliphatic heterocycles. The van der Waals surface area contributed by atoms with Crippen LogP contribution in [0.2, 0.25) is 0 Å². The maximum atomic E-state index is 13.2. The van der Waals surface area contributed by atoms with Crippen molar-refractivity contribution < 1.29 is 57.3 Å². The molecule has 8 amide bonds. The monoisotopic (exact) mass is 841 g/mol. The summed E-state index contributed by atoms with van der Waals surface area (Å²) < 4.78 is 21.0. The van der Waals surface area contributed by atoms with Crippen LogP contribution in [-0.2, 0) is 19.2 Å². The van der Waals surface area contributed by atoms with E-state index in [0.29, 0.717) is 5.69 Å². The lowest BCUT2D eigenvalue weighted by atomic mass is 10.1. The van der Waals surface area contributed by atoms with Crippen LogP contribution in [0.15, 0.2) is 72.8 Å². The number of ether oxygens (including phenoxy) is 4. The fourth-order valence-electron chi connectivity index (χ4n) is 5.43. The van der Waals surface area contributed by atoms with Crippen molar-refractivity contribution in [3.05, 3.63) is 95.1 Å². The molecule has 0 aromatic heterocycles. The second-order valence-electron chi connectivity index (χ2n) is 12.5. The Kier molecular flexibility index (Phi) is 16.1. The van der Waals surface area contributed by atoms with E-state index in [-0.39, 0.29) is 68.9 Å². The van der Waals surface area contributed by atoms with Crippen LogP contribution in [0.1, 0.15) is 41.4 Å². The maximum Gasteiger partial charge on any atom is 0.255 e. The molecule has 4 aromatic rings. The number of nitrogens with one attached hydrogen (secondary N) is 7. The van der Waals surface area contributed by atoms with Crippen LogP contribution < -0.4 is 67.6 Å². The highest BCUT2D eigenvalue weighted by Crippen LogP contribution is 2.27. The van der Waals surface area contributed by atoms with E-state index < -0.39 is 66.9 Å². The zero-order valence-corrected chi connectivity index (χ0v) is 33.3. The average molecular weight is 842 g/mol. The van der Waals surface area contributed by atoms with E-state index in [2.05, 4.69) is 37.2 Å². The highest BCUT2D eigenvalue weighted by Gasteiger charge is 2.20. The smallest absolute Gasteiger partial charge is 0.255 e. The Bertz CT molecular complexity index is 2350. The lowest BCUT2D eigenvalue weighted by Gasteiger charge is -2.14. The van der Waals surface area contributed by atoms with Crippen molar-refractivity contribution in [2.45, 2.75) is 0 Å². The summed E-state index contributed by atoms with van der Waals surface area (Å²) in [5.74, 6) is -4.63. The third-order valence-corrected chi connectivity index (χ3v) is 8.36. The maximum absolute atomic E-state index is 13.2. The third-order valence-electron chi connectivity index (χ3n) is 8.36. The Morgan fingerprint density at radius 2 is 0.803 bits per heavy atom. The van der Waals surface area contributed by atoms with Gasteiger partial charge in [-0.25, -0.2) is 0 Å². The Morgan fingerprint density at radius 1 is 0.459 bits per heavy atom. The molecule has 0 spiro atoms. The first kappa shape index (κ1) is 45.5. The fourth-order valence-corrected chi connectivity index (χ4v) is 5.43. The lowest BCUT2D eigenvalue weighted by molar-refractivity contribution is -0.116. The van der Waals surface area contributed by atoms with Gasteiger partial charge in [0.1, 0.15) is 23.0 Å². The Morgan fingerprint density at radius 3 is 1.15 bits per heavy atom. The molecule has 0 aliphatic rings. The minimum Gasteiger partial charge on any atom is -0.496 e. The second kappa shape index (κ2) is 21.5. The number of rotatable bonds is 19. The number of anilines is 4. The van der Waals surface area contributed by atoms with Crippen LogP contribution in [0.4, 0.5) is 22.7 Å². The van der Waals surface area contributed by atoms with E-state index >= 15 is 0 Å². The van der Waals surface area contributed by atoms with Crippen molar-refractivity contribution in [2.75, 3.05) is 75.9 Å². The van der Waals surface area contributed by atoms with Crippen LogP contribution in [0.25, 0.3) is 0 Å². The summed E-state index contributed by atoms with van der Waals surface area (Å²) in [7, 11) is 5.37. The van der Waals surface area contributed by atoms with Gasteiger partial charge in [0.2, 0.25) is 29.5 Å². The van der Waals surface area contributed by atoms with E-state index in [4.69, 9.17) is 30.4 Å². The number of hydrogen-bond acceptors (Lipinski definition) is 13. The predicted molar refractivity (Wildman–Crippen MR) is 221 cm³/mol.